The summed E-state index contributed by atoms with van der Waals surface area (Å²) in [5.74, 6) is 1.81. The maximum Gasteiger partial charge on any atom is 0.234 e. The van der Waals surface area contributed by atoms with E-state index < -0.39 is 0 Å². The molecule has 0 saturated heterocycles. The third-order valence-electron chi connectivity index (χ3n) is 2.63. The van der Waals surface area contributed by atoms with Crippen LogP contribution in [0.5, 0.6) is 0 Å². The monoisotopic (exact) mass is 263 g/mol. The van der Waals surface area contributed by atoms with Crippen LogP contribution in [-0.4, -0.2) is 26.4 Å². The Bertz CT molecular complexity index is 627. The van der Waals surface area contributed by atoms with Gasteiger partial charge in [-0.3, -0.25) is 0 Å². The predicted molar refractivity (Wildman–Crippen MR) is 67.5 cm³/mol. The summed E-state index contributed by atoms with van der Waals surface area (Å²) in [6.45, 7) is 0.603. The van der Waals surface area contributed by atoms with Crippen molar-refractivity contribution in [2.24, 2.45) is 5.73 Å². The Kier molecular flexibility index (Phi) is 3.07. The van der Waals surface area contributed by atoms with Crippen molar-refractivity contribution in [2.45, 2.75) is 19.3 Å². The molecule has 3 aromatic rings. The van der Waals surface area contributed by atoms with Crippen LogP contribution in [0.2, 0.25) is 0 Å². The number of aryl methyl sites for hydroxylation is 2. The first-order valence-electron chi connectivity index (χ1n) is 5.79. The van der Waals surface area contributed by atoms with Gasteiger partial charge < -0.3 is 10.2 Å². The summed E-state index contributed by atoms with van der Waals surface area (Å²) in [4.78, 5) is 0.827. The van der Waals surface area contributed by atoms with Crippen molar-refractivity contribution in [3.63, 3.8) is 0 Å². The number of hydrogen-bond acceptors (Lipinski definition) is 6. The SMILES string of the molecule is NCCc1nn2c(CCc3ccco3)nnc2s1. The van der Waals surface area contributed by atoms with Crippen molar-refractivity contribution < 1.29 is 4.42 Å². The zero-order chi connectivity index (χ0) is 12.4. The van der Waals surface area contributed by atoms with Crippen molar-refractivity contribution in [3.05, 3.63) is 35.0 Å². The lowest BCUT2D eigenvalue weighted by molar-refractivity contribution is 0.505. The van der Waals surface area contributed by atoms with Crippen LogP contribution in [0.15, 0.2) is 22.8 Å². The predicted octanol–water partition coefficient (Wildman–Crippen LogP) is 1.07. The standard InChI is InChI=1S/C11H13N5OS/c12-6-5-10-15-16-9(13-14-11(16)18-10)4-3-8-2-1-7-17-8/h1-2,7H,3-6,12H2. The summed E-state index contributed by atoms with van der Waals surface area (Å²) in [5, 5.41) is 13.7. The fourth-order valence-electron chi connectivity index (χ4n) is 1.77. The van der Waals surface area contributed by atoms with Crippen molar-refractivity contribution >= 4 is 16.3 Å². The van der Waals surface area contributed by atoms with Crippen LogP contribution in [-0.2, 0) is 19.3 Å². The molecule has 0 aliphatic heterocycles. The molecule has 0 spiro atoms. The van der Waals surface area contributed by atoms with Crippen molar-refractivity contribution in [3.8, 4) is 0 Å². The van der Waals surface area contributed by atoms with Crippen LogP contribution < -0.4 is 5.73 Å². The van der Waals surface area contributed by atoms with E-state index in [1.807, 2.05) is 12.1 Å². The summed E-state index contributed by atoms with van der Waals surface area (Å²) in [6, 6.07) is 3.84. The molecule has 0 radical (unpaired) electrons. The number of fused-ring (bicyclic) bond motifs is 1. The van der Waals surface area contributed by atoms with Crippen LogP contribution >= 0.6 is 11.3 Å². The highest BCUT2D eigenvalue weighted by Crippen LogP contribution is 2.15. The lowest BCUT2D eigenvalue weighted by Crippen LogP contribution is -2.04. The van der Waals surface area contributed by atoms with Gasteiger partial charge >= 0.3 is 0 Å². The van der Waals surface area contributed by atoms with Gasteiger partial charge in [-0.15, -0.1) is 10.2 Å². The summed E-state index contributed by atoms with van der Waals surface area (Å²) in [6.07, 6.45) is 4.03. The van der Waals surface area contributed by atoms with Crippen LogP contribution in [0.1, 0.15) is 16.6 Å². The van der Waals surface area contributed by atoms with Crippen molar-refractivity contribution in [1.82, 2.24) is 19.8 Å². The second kappa shape index (κ2) is 4.87. The van der Waals surface area contributed by atoms with Gasteiger partial charge in [0.15, 0.2) is 5.82 Å². The van der Waals surface area contributed by atoms with Crippen molar-refractivity contribution in [1.29, 1.82) is 0 Å². The maximum absolute atomic E-state index is 5.52. The van der Waals surface area contributed by atoms with E-state index in [4.69, 9.17) is 10.2 Å². The average Bonchev–Trinajstić information content (AvgIpc) is 3.03. The minimum atomic E-state index is 0.603. The second-order valence-corrected chi connectivity index (χ2v) is 4.96. The quantitative estimate of drug-likeness (QED) is 0.744. The van der Waals surface area contributed by atoms with Crippen LogP contribution in [0.25, 0.3) is 4.96 Å². The zero-order valence-electron chi connectivity index (χ0n) is 9.74. The van der Waals surface area contributed by atoms with E-state index in [1.54, 1.807) is 22.1 Å². The van der Waals surface area contributed by atoms with Crippen LogP contribution in [0.4, 0.5) is 0 Å². The van der Waals surface area contributed by atoms with Gasteiger partial charge in [-0.05, 0) is 18.7 Å². The first-order chi connectivity index (χ1) is 8.86. The zero-order valence-corrected chi connectivity index (χ0v) is 10.6. The van der Waals surface area contributed by atoms with Gasteiger partial charge in [0.05, 0.1) is 6.26 Å². The number of nitrogens with zero attached hydrogens (tertiary/aromatic N) is 4. The van der Waals surface area contributed by atoms with E-state index in [0.717, 1.165) is 40.8 Å². The second-order valence-electron chi connectivity index (χ2n) is 3.92. The molecule has 0 aliphatic carbocycles. The number of hydrogen-bond donors (Lipinski definition) is 1. The Balaban J connectivity index is 1.78. The van der Waals surface area contributed by atoms with Gasteiger partial charge in [-0.25, -0.2) is 0 Å². The molecule has 6 nitrogen and oxygen atoms in total. The lowest BCUT2D eigenvalue weighted by Gasteiger charge is -1.94. The Morgan fingerprint density at radius 2 is 2.22 bits per heavy atom. The Morgan fingerprint density at radius 3 is 3.00 bits per heavy atom. The summed E-state index contributed by atoms with van der Waals surface area (Å²) in [7, 11) is 0. The van der Waals surface area contributed by atoms with E-state index >= 15 is 0 Å². The summed E-state index contributed by atoms with van der Waals surface area (Å²) in [5.41, 5.74) is 5.52. The molecule has 0 bridgehead atoms. The molecule has 94 valence electrons. The molecule has 18 heavy (non-hydrogen) atoms. The summed E-state index contributed by atoms with van der Waals surface area (Å²) >= 11 is 1.54. The number of furan rings is 1. The lowest BCUT2D eigenvalue weighted by atomic mass is 10.2. The van der Waals surface area contributed by atoms with Crippen LogP contribution in [0.3, 0.4) is 0 Å². The highest BCUT2D eigenvalue weighted by molar-refractivity contribution is 7.16. The number of nitrogens with two attached hydrogens (primary N) is 1. The molecule has 3 rings (SSSR count). The molecule has 0 amide bonds. The van der Waals surface area contributed by atoms with Gasteiger partial charge in [-0.2, -0.15) is 9.61 Å². The van der Waals surface area contributed by atoms with E-state index in [0.29, 0.717) is 6.54 Å². The minimum absolute atomic E-state index is 0.603. The molecule has 2 N–H and O–H groups in total. The number of rotatable bonds is 5. The third kappa shape index (κ3) is 2.14. The van der Waals surface area contributed by atoms with E-state index in [1.165, 1.54) is 0 Å². The molecule has 0 atom stereocenters. The number of aromatic nitrogens is 4. The van der Waals surface area contributed by atoms with E-state index in [2.05, 4.69) is 15.3 Å². The normalized spacial score (nSPS) is 11.4. The Hall–Kier alpha value is -1.73. The fourth-order valence-corrected chi connectivity index (χ4v) is 2.63. The smallest absolute Gasteiger partial charge is 0.234 e. The van der Waals surface area contributed by atoms with Gasteiger partial charge in [0.2, 0.25) is 4.96 Å². The molecule has 0 aromatic carbocycles. The molecule has 0 aliphatic rings. The molecule has 0 fully saturated rings. The highest BCUT2D eigenvalue weighted by Gasteiger charge is 2.11. The first kappa shape index (κ1) is 11.4. The van der Waals surface area contributed by atoms with Gasteiger partial charge in [0.1, 0.15) is 10.8 Å². The maximum atomic E-state index is 5.52. The molecule has 0 unspecified atom stereocenters. The van der Waals surface area contributed by atoms with E-state index in [-0.39, 0.29) is 0 Å². The Morgan fingerprint density at radius 1 is 1.28 bits per heavy atom. The van der Waals surface area contributed by atoms with Crippen molar-refractivity contribution in [2.75, 3.05) is 6.54 Å². The van der Waals surface area contributed by atoms with Gasteiger partial charge in [-0.1, -0.05) is 11.3 Å². The summed E-state index contributed by atoms with van der Waals surface area (Å²) < 4.78 is 7.10. The van der Waals surface area contributed by atoms with Crippen LogP contribution in [0, 0.1) is 0 Å². The molecular weight excluding hydrogens is 250 g/mol. The fraction of sp³-hybridized carbons (Fsp3) is 0.364. The van der Waals surface area contributed by atoms with Gasteiger partial charge in [0.25, 0.3) is 0 Å². The molecule has 3 aromatic heterocycles. The molecule has 3 heterocycles. The molecule has 0 saturated carbocycles. The third-order valence-corrected chi connectivity index (χ3v) is 3.59. The topological polar surface area (TPSA) is 82.2 Å². The molecule has 7 heteroatoms. The largest absolute Gasteiger partial charge is 0.469 e. The Labute approximate surface area is 107 Å². The molecular formula is C11H13N5OS. The first-order valence-corrected chi connectivity index (χ1v) is 6.61. The minimum Gasteiger partial charge on any atom is -0.469 e. The van der Waals surface area contributed by atoms with Gasteiger partial charge in [0, 0.05) is 19.3 Å². The average molecular weight is 263 g/mol. The highest BCUT2D eigenvalue weighted by atomic mass is 32.1. The van der Waals surface area contributed by atoms with E-state index in [9.17, 15) is 0 Å².